The van der Waals surface area contributed by atoms with Gasteiger partial charge in [0.15, 0.2) is 0 Å². The Bertz CT molecular complexity index is 1920. The number of furan rings is 1. The molecule has 0 bridgehead atoms. The van der Waals surface area contributed by atoms with Gasteiger partial charge in [0.25, 0.3) is 0 Å². The number of hydrogen-bond acceptors (Lipinski definition) is 4. The van der Waals surface area contributed by atoms with Crippen LogP contribution in [-0.2, 0) is 20.1 Å². The van der Waals surface area contributed by atoms with Gasteiger partial charge in [0.2, 0.25) is 5.71 Å². The topological polar surface area (TPSA) is 51.8 Å². The molecular weight excluding hydrogens is 707 g/mol. The molecule has 0 aliphatic carbocycles. The minimum Gasteiger partial charge on any atom is -0.486 e. The molecule has 7 aromatic rings. The van der Waals surface area contributed by atoms with Gasteiger partial charge in [-0.15, -0.1) is 54.1 Å². The molecule has 0 saturated carbocycles. The number of fused-ring (bicyclic) bond motifs is 3. The van der Waals surface area contributed by atoms with Gasteiger partial charge < -0.3 is 14.4 Å². The number of aromatic nitrogens is 3. The summed E-state index contributed by atoms with van der Waals surface area (Å²) >= 11 is 0. The molecule has 43 heavy (non-hydrogen) atoms. The fourth-order valence-corrected chi connectivity index (χ4v) is 5.19. The molecule has 4 nitrogen and oxygen atoms in total. The number of aryl methyl sites for hydroxylation is 2. The van der Waals surface area contributed by atoms with E-state index in [9.17, 15) is 0 Å². The summed E-state index contributed by atoms with van der Waals surface area (Å²) in [5.74, 6) is 0.434. The van der Waals surface area contributed by atoms with Crippen molar-refractivity contribution in [3.05, 3.63) is 138 Å². The second-order valence-electron chi connectivity index (χ2n) is 10.6. The Morgan fingerprint density at radius 1 is 0.674 bits per heavy atom. The average Bonchev–Trinajstić information content (AvgIpc) is 3.40. The molecule has 0 amide bonds. The van der Waals surface area contributed by atoms with Crippen LogP contribution in [0.3, 0.4) is 0 Å². The molecule has 0 atom stereocenters. The van der Waals surface area contributed by atoms with Crippen LogP contribution in [0, 0.1) is 26.0 Å². The Hall–Kier alpha value is -4.44. The van der Waals surface area contributed by atoms with Gasteiger partial charge in [-0.05, 0) is 66.5 Å². The van der Waals surface area contributed by atoms with Gasteiger partial charge in [-0.2, -0.15) is 0 Å². The number of benzene rings is 3. The molecule has 0 aliphatic rings. The van der Waals surface area contributed by atoms with Gasteiger partial charge in [0.05, 0.1) is 11.3 Å². The van der Waals surface area contributed by atoms with Crippen LogP contribution in [0.2, 0.25) is 0 Å². The van der Waals surface area contributed by atoms with Gasteiger partial charge in [-0.25, -0.2) is 4.98 Å². The number of rotatable bonds is 4. The first kappa shape index (κ1) is 30.0. The van der Waals surface area contributed by atoms with Crippen molar-refractivity contribution in [2.75, 3.05) is 0 Å². The van der Waals surface area contributed by atoms with Crippen LogP contribution >= 0.6 is 0 Å². The quantitative estimate of drug-likeness (QED) is 0.169. The largest absolute Gasteiger partial charge is 0.486 e. The number of nitrogens with zero attached hydrogens (tertiary/aromatic N) is 3. The van der Waals surface area contributed by atoms with Gasteiger partial charge >= 0.3 is 0 Å². The molecule has 0 fully saturated rings. The Morgan fingerprint density at radius 2 is 1.47 bits per heavy atom. The summed E-state index contributed by atoms with van der Waals surface area (Å²) < 4.78 is 6.30. The molecule has 0 spiro atoms. The van der Waals surface area contributed by atoms with Crippen molar-refractivity contribution in [2.45, 2.75) is 33.6 Å². The summed E-state index contributed by atoms with van der Waals surface area (Å²) in [6.07, 6.45) is 3.65. The van der Waals surface area contributed by atoms with Gasteiger partial charge in [0, 0.05) is 43.4 Å². The molecule has 4 aromatic heterocycles. The van der Waals surface area contributed by atoms with Crippen LogP contribution < -0.4 is 0 Å². The first-order valence-electron chi connectivity index (χ1n) is 14.1. The van der Waals surface area contributed by atoms with E-state index in [0.717, 1.165) is 50.1 Å². The van der Waals surface area contributed by atoms with Crippen LogP contribution in [0.4, 0.5) is 0 Å². The van der Waals surface area contributed by atoms with E-state index in [4.69, 9.17) is 9.40 Å². The predicted molar refractivity (Wildman–Crippen MR) is 171 cm³/mol. The van der Waals surface area contributed by atoms with E-state index in [1.165, 1.54) is 16.7 Å². The minimum absolute atomic E-state index is 0. The van der Waals surface area contributed by atoms with Crippen LogP contribution in [0.5, 0.6) is 0 Å². The molecule has 7 rings (SSSR count). The second-order valence-corrected chi connectivity index (χ2v) is 10.6. The molecule has 5 heteroatoms. The second kappa shape index (κ2) is 13.2. The molecule has 0 N–H and O–H groups in total. The van der Waals surface area contributed by atoms with Gasteiger partial charge in [-0.1, -0.05) is 66.8 Å². The summed E-state index contributed by atoms with van der Waals surface area (Å²) in [6.45, 7) is 8.60. The summed E-state index contributed by atoms with van der Waals surface area (Å²) in [5.41, 5.74) is 11.0. The van der Waals surface area contributed by atoms with Crippen LogP contribution in [0.1, 0.15) is 36.5 Å². The summed E-state index contributed by atoms with van der Waals surface area (Å²) in [7, 11) is 0. The van der Waals surface area contributed by atoms with Crippen molar-refractivity contribution in [3.8, 4) is 33.8 Å². The van der Waals surface area contributed by atoms with E-state index >= 15 is 0 Å². The van der Waals surface area contributed by atoms with Crippen molar-refractivity contribution < 1.29 is 24.5 Å². The maximum absolute atomic E-state index is 6.30. The smallest absolute Gasteiger partial charge is 0.216 e. The Morgan fingerprint density at radius 3 is 2.19 bits per heavy atom. The third-order valence-electron chi connectivity index (χ3n) is 7.39. The Labute approximate surface area is 266 Å². The van der Waals surface area contributed by atoms with E-state index in [2.05, 4.69) is 92.3 Å². The fraction of sp³-hybridized carbons (Fsp3) is 0.132. The van der Waals surface area contributed by atoms with E-state index in [-0.39, 0.29) is 20.1 Å². The SMILES string of the molecule is Cc1cccc(C)c1-c1ccc2c(n1)oc1c(-c3cc(C(C)C)ccn3)[c-]ccc12.[Ir].[c-]1ccccc1-c1ccccn1. The Kier molecular flexibility index (Phi) is 9.25. The fourth-order valence-electron chi connectivity index (χ4n) is 5.19. The Balaban J connectivity index is 0.000000238. The van der Waals surface area contributed by atoms with Crippen LogP contribution in [0.25, 0.3) is 55.8 Å². The first-order valence-corrected chi connectivity index (χ1v) is 14.1. The van der Waals surface area contributed by atoms with E-state index in [1.807, 2.05) is 60.8 Å². The molecule has 0 unspecified atom stereocenters. The van der Waals surface area contributed by atoms with Crippen molar-refractivity contribution in [2.24, 2.45) is 0 Å². The molecule has 4 heterocycles. The summed E-state index contributed by atoms with van der Waals surface area (Å²) in [4.78, 5) is 13.7. The van der Waals surface area contributed by atoms with Crippen molar-refractivity contribution in [1.29, 1.82) is 0 Å². The van der Waals surface area contributed by atoms with Crippen LogP contribution in [0.15, 0.2) is 114 Å². The van der Waals surface area contributed by atoms with Crippen LogP contribution in [-0.4, -0.2) is 15.0 Å². The predicted octanol–water partition coefficient (Wildman–Crippen LogP) is 9.80. The average molecular weight is 738 g/mol. The molecule has 1 radical (unpaired) electrons. The van der Waals surface area contributed by atoms with E-state index in [0.29, 0.717) is 11.6 Å². The maximum atomic E-state index is 6.30. The standard InChI is InChI=1S/C27H23N2O.C11H8N.Ir/c1-16(2)19-13-14-28-24(15-19)22-10-6-9-20-21-11-12-23(29-27(21)30-26(20)22)25-17(3)7-5-8-18(25)4;1-2-6-10(7-3-1)11-8-4-5-9-12-11;/h5-9,11-16H,1-4H3;1-6,8-9H;/q2*-1;. The third-order valence-corrected chi connectivity index (χ3v) is 7.39. The summed E-state index contributed by atoms with van der Waals surface area (Å²) in [5, 5.41) is 2.05. The minimum atomic E-state index is 0. The number of hydrogen-bond donors (Lipinski definition) is 0. The monoisotopic (exact) mass is 738 g/mol. The molecule has 215 valence electrons. The molecule has 3 aromatic carbocycles. The van der Waals surface area contributed by atoms with Crippen molar-refractivity contribution in [3.63, 3.8) is 0 Å². The third kappa shape index (κ3) is 6.34. The summed E-state index contributed by atoms with van der Waals surface area (Å²) in [6, 6.07) is 38.8. The van der Waals surface area contributed by atoms with Gasteiger partial charge in [0.1, 0.15) is 0 Å². The van der Waals surface area contributed by atoms with E-state index < -0.39 is 0 Å². The molecule has 0 aliphatic heterocycles. The number of pyridine rings is 3. The van der Waals surface area contributed by atoms with Crippen molar-refractivity contribution in [1.82, 2.24) is 15.0 Å². The van der Waals surface area contributed by atoms with Gasteiger partial charge in [-0.3, -0.25) is 0 Å². The first-order chi connectivity index (χ1) is 20.5. The zero-order valence-corrected chi connectivity index (χ0v) is 26.9. The normalized spacial score (nSPS) is 10.8. The van der Waals surface area contributed by atoms with E-state index in [1.54, 1.807) is 6.20 Å². The van der Waals surface area contributed by atoms with Crippen molar-refractivity contribution >= 4 is 22.1 Å². The molecular formula is C38H31IrN3O-2. The molecule has 0 saturated heterocycles. The zero-order chi connectivity index (χ0) is 29.1. The zero-order valence-electron chi connectivity index (χ0n) is 24.6. The maximum Gasteiger partial charge on any atom is 0.216 e.